The molecular weight excluding hydrogens is 332 g/mol. The first kappa shape index (κ1) is 17.4. The summed E-state index contributed by atoms with van der Waals surface area (Å²) >= 11 is 0. The lowest BCUT2D eigenvalue weighted by molar-refractivity contribution is -0.118. The van der Waals surface area contributed by atoms with Gasteiger partial charge in [0.2, 0.25) is 5.91 Å². The summed E-state index contributed by atoms with van der Waals surface area (Å²) in [6.45, 7) is 0.420. The molecule has 0 aliphatic rings. The molecule has 6 nitrogen and oxygen atoms in total. The fourth-order valence-corrected chi connectivity index (χ4v) is 2.67. The van der Waals surface area contributed by atoms with Gasteiger partial charge in [0.05, 0.1) is 5.39 Å². The Morgan fingerprint density at radius 3 is 2.42 bits per heavy atom. The van der Waals surface area contributed by atoms with Crippen LogP contribution in [0.5, 0.6) is 0 Å². The summed E-state index contributed by atoms with van der Waals surface area (Å²) in [6, 6.07) is 17.3. The van der Waals surface area contributed by atoms with Crippen molar-refractivity contribution in [3.63, 3.8) is 0 Å². The van der Waals surface area contributed by atoms with Crippen LogP contribution in [0.1, 0.15) is 22.5 Å². The molecule has 0 fully saturated rings. The van der Waals surface area contributed by atoms with E-state index in [0.29, 0.717) is 11.0 Å². The Labute approximate surface area is 149 Å². The third kappa shape index (κ3) is 3.97. The van der Waals surface area contributed by atoms with Crippen molar-refractivity contribution in [2.24, 2.45) is 5.73 Å². The Hall–Kier alpha value is -3.41. The zero-order chi connectivity index (χ0) is 18.5. The van der Waals surface area contributed by atoms with E-state index in [9.17, 15) is 14.4 Å². The number of nitrogens with two attached hydrogens (primary N) is 1. The highest BCUT2D eigenvalue weighted by Crippen LogP contribution is 2.15. The van der Waals surface area contributed by atoms with Crippen molar-refractivity contribution in [2.75, 3.05) is 6.54 Å². The van der Waals surface area contributed by atoms with Crippen molar-refractivity contribution in [2.45, 2.75) is 13.0 Å². The SMILES string of the molecule is NC(=O)CCN(Cc1ccccc1)C(=O)c1cc(=O)c2ccccc2o1. The highest BCUT2D eigenvalue weighted by molar-refractivity contribution is 5.93. The Kier molecular flexibility index (Phi) is 5.12. The van der Waals surface area contributed by atoms with Gasteiger partial charge in [-0.3, -0.25) is 14.4 Å². The highest BCUT2D eigenvalue weighted by Gasteiger charge is 2.20. The third-order valence-corrected chi connectivity index (χ3v) is 3.98. The second-order valence-electron chi connectivity index (χ2n) is 5.90. The molecule has 1 heterocycles. The molecule has 2 amide bonds. The minimum Gasteiger partial charge on any atom is -0.451 e. The number of amides is 2. The molecule has 132 valence electrons. The van der Waals surface area contributed by atoms with Gasteiger partial charge in [-0.2, -0.15) is 0 Å². The van der Waals surface area contributed by atoms with Crippen molar-refractivity contribution in [3.05, 3.63) is 82.2 Å². The molecule has 26 heavy (non-hydrogen) atoms. The molecule has 0 radical (unpaired) electrons. The molecule has 0 spiro atoms. The minimum absolute atomic E-state index is 0.0242. The van der Waals surface area contributed by atoms with Gasteiger partial charge in [0.25, 0.3) is 5.91 Å². The van der Waals surface area contributed by atoms with Crippen LogP contribution in [0.2, 0.25) is 0 Å². The second kappa shape index (κ2) is 7.65. The summed E-state index contributed by atoms with van der Waals surface area (Å²) in [6.07, 6.45) is 0.0242. The summed E-state index contributed by atoms with van der Waals surface area (Å²) in [4.78, 5) is 37.8. The number of benzene rings is 2. The first-order valence-electron chi connectivity index (χ1n) is 8.19. The summed E-state index contributed by atoms with van der Waals surface area (Å²) in [7, 11) is 0. The van der Waals surface area contributed by atoms with E-state index >= 15 is 0 Å². The Morgan fingerprint density at radius 1 is 1.00 bits per heavy atom. The number of hydrogen-bond acceptors (Lipinski definition) is 4. The normalized spacial score (nSPS) is 10.6. The van der Waals surface area contributed by atoms with Crippen molar-refractivity contribution >= 4 is 22.8 Å². The molecule has 2 N–H and O–H groups in total. The maximum atomic E-state index is 12.9. The van der Waals surface area contributed by atoms with Crippen LogP contribution in [0, 0.1) is 0 Å². The molecule has 2 aromatic carbocycles. The van der Waals surface area contributed by atoms with Gasteiger partial charge in [0, 0.05) is 25.6 Å². The van der Waals surface area contributed by atoms with E-state index in [4.69, 9.17) is 10.2 Å². The molecule has 0 atom stereocenters. The smallest absolute Gasteiger partial charge is 0.290 e. The summed E-state index contributed by atoms with van der Waals surface area (Å²) < 4.78 is 5.62. The van der Waals surface area contributed by atoms with Crippen LogP contribution in [-0.4, -0.2) is 23.3 Å². The van der Waals surface area contributed by atoms with Gasteiger partial charge < -0.3 is 15.1 Å². The van der Waals surface area contributed by atoms with Crippen LogP contribution in [0.4, 0.5) is 0 Å². The minimum atomic E-state index is -0.504. The van der Waals surface area contributed by atoms with Crippen LogP contribution in [0.25, 0.3) is 11.0 Å². The second-order valence-corrected chi connectivity index (χ2v) is 5.90. The van der Waals surface area contributed by atoms with Gasteiger partial charge in [-0.1, -0.05) is 42.5 Å². The van der Waals surface area contributed by atoms with E-state index in [0.717, 1.165) is 5.56 Å². The molecule has 0 unspecified atom stereocenters. The molecular formula is C20H18N2O4. The molecule has 0 saturated heterocycles. The summed E-state index contributed by atoms with van der Waals surface area (Å²) in [5.74, 6) is -1.03. The van der Waals surface area contributed by atoms with Gasteiger partial charge in [-0.25, -0.2) is 0 Å². The number of fused-ring (bicyclic) bond motifs is 1. The largest absolute Gasteiger partial charge is 0.451 e. The number of primary amides is 1. The average Bonchev–Trinajstić information content (AvgIpc) is 2.65. The number of rotatable bonds is 6. The number of carbonyl (C=O) groups excluding carboxylic acids is 2. The van der Waals surface area contributed by atoms with Crippen LogP contribution < -0.4 is 11.2 Å². The number of nitrogens with zero attached hydrogens (tertiary/aromatic N) is 1. The number of para-hydroxylation sites is 1. The van der Waals surface area contributed by atoms with E-state index in [1.54, 1.807) is 24.3 Å². The Morgan fingerprint density at radius 2 is 1.69 bits per heavy atom. The monoisotopic (exact) mass is 350 g/mol. The number of hydrogen-bond donors (Lipinski definition) is 1. The first-order valence-corrected chi connectivity index (χ1v) is 8.19. The van der Waals surface area contributed by atoms with Crippen molar-refractivity contribution in [3.8, 4) is 0 Å². The maximum Gasteiger partial charge on any atom is 0.290 e. The standard InChI is InChI=1S/C20H18N2O4/c21-19(24)10-11-22(13-14-6-2-1-3-7-14)20(25)18-12-16(23)15-8-4-5-9-17(15)26-18/h1-9,12H,10-11,13H2,(H2,21,24). The average molecular weight is 350 g/mol. The van der Waals surface area contributed by atoms with Crippen LogP contribution >= 0.6 is 0 Å². The fraction of sp³-hybridized carbons (Fsp3) is 0.150. The summed E-state index contributed by atoms with van der Waals surface area (Å²) in [5.41, 5.74) is 6.18. The van der Waals surface area contributed by atoms with E-state index < -0.39 is 11.8 Å². The first-order chi connectivity index (χ1) is 12.5. The van der Waals surface area contributed by atoms with Gasteiger partial charge in [0.15, 0.2) is 11.2 Å². The Bertz CT molecular complexity index is 995. The predicted molar refractivity (Wildman–Crippen MR) is 97.5 cm³/mol. The van der Waals surface area contributed by atoms with E-state index in [2.05, 4.69) is 0 Å². The number of carbonyl (C=O) groups is 2. The van der Waals surface area contributed by atoms with Gasteiger partial charge >= 0.3 is 0 Å². The molecule has 0 bridgehead atoms. The topological polar surface area (TPSA) is 93.6 Å². The molecule has 0 aliphatic heterocycles. The van der Waals surface area contributed by atoms with Crippen molar-refractivity contribution in [1.82, 2.24) is 4.90 Å². The third-order valence-electron chi connectivity index (χ3n) is 3.98. The fourth-order valence-electron chi connectivity index (χ4n) is 2.67. The predicted octanol–water partition coefficient (Wildman–Crippen LogP) is 2.31. The Balaban J connectivity index is 1.93. The lowest BCUT2D eigenvalue weighted by Gasteiger charge is -2.21. The van der Waals surface area contributed by atoms with Crippen LogP contribution in [0.15, 0.2) is 69.9 Å². The molecule has 3 aromatic rings. The molecule has 6 heteroatoms. The molecule has 1 aromatic heterocycles. The van der Waals surface area contributed by atoms with E-state index in [-0.39, 0.29) is 30.7 Å². The summed E-state index contributed by atoms with van der Waals surface area (Å²) in [5, 5.41) is 0.413. The maximum absolute atomic E-state index is 12.9. The highest BCUT2D eigenvalue weighted by atomic mass is 16.3. The van der Waals surface area contributed by atoms with Gasteiger partial charge in [-0.15, -0.1) is 0 Å². The molecule has 0 saturated carbocycles. The van der Waals surface area contributed by atoms with Crippen LogP contribution in [-0.2, 0) is 11.3 Å². The van der Waals surface area contributed by atoms with Gasteiger partial charge in [-0.05, 0) is 17.7 Å². The molecule has 0 aliphatic carbocycles. The van der Waals surface area contributed by atoms with E-state index in [1.165, 1.54) is 11.0 Å². The van der Waals surface area contributed by atoms with Gasteiger partial charge in [0.1, 0.15) is 5.58 Å². The quantitative estimate of drug-likeness (QED) is 0.738. The zero-order valence-electron chi connectivity index (χ0n) is 14.1. The van der Waals surface area contributed by atoms with Crippen molar-refractivity contribution < 1.29 is 14.0 Å². The lowest BCUT2D eigenvalue weighted by Crippen LogP contribution is -2.34. The van der Waals surface area contributed by atoms with E-state index in [1.807, 2.05) is 30.3 Å². The zero-order valence-corrected chi connectivity index (χ0v) is 14.1. The van der Waals surface area contributed by atoms with Crippen LogP contribution in [0.3, 0.4) is 0 Å². The lowest BCUT2D eigenvalue weighted by atomic mass is 10.2. The molecule has 3 rings (SSSR count). The van der Waals surface area contributed by atoms with Crippen molar-refractivity contribution in [1.29, 1.82) is 0 Å².